The second kappa shape index (κ2) is 6.39. The molecule has 6 heteroatoms. The molecule has 1 aliphatic heterocycles. The maximum absolute atomic E-state index is 4.56. The number of hydrogen-bond acceptors (Lipinski definition) is 6. The number of hydrogen-bond donors (Lipinski definition) is 1. The molecule has 2 aromatic rings. The molecule has 0 saturated carbocycles. The van der Waals surface area contributed by atoms with E-state index in [9.17, 15) is 0 Å². The lowest BCUT2D eigenvalue weighted by Gasteiger charge is -2.16. The summed E-state index contributed by atoms with van der Waals surface area (Å²) < 4.78 is 0. The van der Waals surface area contributed by atoms with Gasteiger partial charge < -0.3 is 10.2 Å². The van der Waals surface area contributed by atoms with Gasteiger partial charge in [-0.15, -0.1) is 11.3 Å². The summed E-state index contributed by atoms with van der Waals surface area (Å²) in [7, 11) is 0. The third-order valence-corrected chi connectivity index (χ3v) is 4.93. The van der Waals surface area contributed by atoms with Gasteiger partial charge in [0.2, 0.25) is 0 Å². The fraction of sp³-hybridized carbons (Fsp3) is 0.533. The standard InChI is InChI=1S/C15H21N5S/c1-11-12(2)21-15(19-11)5-6-16-13-9-14(18-10-17-13)20-7-3-4-8-20/h9-10H,3-8H2,1-2H3,(H,16,17,18). The Labute approximate surface area is 129 Å². The zero-order valence-corrected chi connectivity index (χ0v) is 13.4. The largest absolute Gasteiger partial charge is 0.369 e. The molecular formula is C15H21N5S. The van der Waals surface area contributed by atoms with Gasteiger partial charge in [0.05, 0.1) is 10.7 Å². The van der Waals surface area contributed by atoms with Crippen LogP contribution in [0.1, 0.15) is 28.4 Å². The lowest BCUT2D eigenvalue weighted by molar-refractivity contribution is 0.921. The van der Waals surface area contributed by atoms with Gasteiger partial charge in [0.1, 0.15) is 18.0 Å². The first kappa shape index (κ1) is 14.3. The molecule has 0 aliphatic carbocycles. The first-order chi connectivity index (χ1) is 10.2. The van der Waals surface area contributed by atoms with Gasteiger partial charge in [-0.3, -0.25) is 0 Å². The van der Waals surface area contributed by atoms with Crippen molar-refractivity contribution in [3.8, 4) is 0 Å². The Balaban J connectivity index is 1.56. The Kier molecular flexibility index (Phi) is 4.34. The summed E-state index contributed by atoms with van der Waals surface area (Å²) in [5, 5.41) is 4.56. The van der Waals surface area contributed by atoms with Crippen LogP contribution in [0, 0.1) is 13.8 Å². The van der Waals surface area contributed by atoms with E-state index in [0.29, 0.717) is 0 Å². The molecule has 0 amide bonds. The van der Waals surface area contributed by atoms with Gasteiger partial charge in [-0.25, -0.2) is 15.0 Å². The van der Waals surface area contributed by atoms with E-state index in [0.717, 1.165) is 43.4 Å². The average Bonchev–Trinajstić information content (AvgIpc) is 3.10. The van der Waals surface area contributed by atoms with Crippen LogP contribution in [-0.4, -0.2) is 34.6 Å². The van der Waals surface area contributed by atoms with Crippen LogP contribution >= 0.6 is 11.3 Å². The maximum Gasteiger partial charge on any atom is 0.134 e. The minimum atomic E-state index is 0.850. The quantitative estimate of drug-likeness (QED) is 0.920. The summed E-state index contributed by atoms with van der Waals surface area (Å²) >= 11 is 1.78. The highest BCUT2D eigenvalue weighted by Gasteiger charge is 2.13. The fourth-order valence-electron chi connectivity index (χ4n) is 2.51. The molecule has 1 aliphatic rings. The summed E-state index contributed by atoms with van der Waals surface area (Å²) in [5.74, 6) is 1.93. The molecule has 2 aromatic heterocycles. The van der Waals surface area contributed by atoms with E-state index in [1.807, 2.05) is 6.07 Å². The van der Waals surface area contributed by atoms with E-state index in [4.69, 9.17) is 0 Å². The number of anilines is 2. The molecule has 0 spiro atoms. The van der Waals surface area contributed by atoms with Gasteiger partial charge in [0.15, 0.2) is 0 Å². The molecule has 0 atom stereocenters. The highest BCUT2D eigenvalue weighted by atomic mass is 32.1. The van der Waals surface area contributed by atoms with Crippen molar-refractivity contribution >= 4 is 23.0 Å². The van der Waals surface area contributed by atoms with Crippen molar-refractivity contribution in [1.82, 2.24) is 15.0 Å². The molecule has 112 valence electrons. The number of rotatable bonds is 5. The van der Waals surface area contributed by atoms with Gasteiger partial charge in [-0.05, 0) is 26.7 Å². The van der Waals surface area contributed by atoms with Crippen LogP contribution in [0.4, 0.5) is 11.6 Å². The molecule has 3 heterocycles. The minimum absolute atomic E-state index is 0.850. The SMILES string of the molecule is Cc1nc(CCNc2cc(N3CCCC3)ncn2)sc1C. The Morgan fingerprint density at radius 1 is 1.24 bits per heavy atom. The fourth-order valence-corrected chi connectivity index (χ4v) is 3.44. The van der Waals surface area contributed by atoms with Crippen LogP contribution in [0.3, 0.4) is 0 Å². The Bertz CT molecular complexity index is 584. The maximum atomic E-state index is 4.56. The number of thiazole rings is 1. The number of nitrogens with zero attached hydrogens (tertiary/aromatic N) is 4. The van der Waals surface area contributed by atoms with Crippen molar-refractivity contribution in [2.75, 3.05) is 29.9 Å². The number of aryl methyl sites for hydroxylation is 2. The van der Waals surface area contributed by atoms with Crippen molar-refractivity contribution in [3.05, 3.63) is 28.0 Å². The smallest absolute Gasteiger partial charge is 0.134 e. The summed E-state index contributed by atoms with van der Waals surface area (Å²) in [5.41, 5.74) is 1.15. The summed E-state index contributed by atoms with van der Waals surface area (Å²) in [4.78, 5) is 16.9. The van der Waals surface area contributed by atoms with E-state index in [-0.39, 0.29) is 0 Å². The Morgan fingerprint density at radius 2 is 2.05 bits per heavy atom. The molecule has 0 aromatic carbocycles. The van der Waals surface area contributed by atoms with Crippen molar-refractivity contribution < 1.29 is 0 Å². The van der Waals surface area contributed by atoms with Crippen LogP contribution in [0.2, 0.25) is 0 Å². The molecule has 0 bridgehead atoms. The first-order valence-electron chi connectivity index (χ1n) is 7.46. The predicted octanol–water partition coefficient (Wildman–Crippen LogP) is 2.80. The third-order valence-electron chi connectivity index (χ3n) is 3.80. The van der Waals surface area contributed by atoms with Gasteiger partial charge in [0.25, 0.3) is 0 Å². The summed E-state index contributed by atoms with van der Waals surface area (Å²) in [6, 6.07) is 2.05. The number of nitrogens with one attached hydrogen (secondary N) is 1. The van der Waals surface area contributed by atoms with E-state index < -0.39 is 0 Å². The highest BCUT2D eigenvalue weighted by Crippen LogP contribution is 2.20. The molecule has 0 radical (unpaired) electrons. The molecule has 1 fully saturated rings. The zero-order valence-electron chi connectivity index (χ0n) is 12.6. The Morgan fingerprint density at radius 3 is 2.76 bits per heavy atom. The average molecular weight is 303 g/mol. The van der Waals surface area contributed by atoms with E-state index in [2.05, 4.69) is 39.0 Å². The van der Waals surface area contributed by atoms with Crippen molar-refractivity contribution in [2.45, 2.75) is 33.1 Å². The second-order valence-corrected chi connectivity index (χ2v) is 6.67. The second-order valence-electron chi connectivity index (χ2n) is 5.38. The predicted molar refractivity (Wildman–Crippen MR) is 87.3 cm³/mol. The normalized spacial score (nSPS) is 14.7. The Hall–Kier alpha value is -1.69. The van der Waals surface area contributed by atoms with Crippen molar-refractivity contribution in [2.24, 2.45) is 0 Å². The molecule has 1 N–H and O–H groups in total. The first-order valence-corrected chi connectivity index (χ1v) is 8.28. The van der Waals surface area contributed by atoms with E-state index >= 15 is 0 Å². The van der Waals surface area contributed by atoms with Crippen LogP contribution < -0.4 is 10.2 Å². The molecule has 5 nitrogen and oxygen atoms in total. The summed E-state index contributed by atoms with van der Waals surface area (Å²) in [6.07, 6.45) is 5.10. The lowest BCUT2D eigenvalue weighted by atomic mass is 10.4. The third kappa shape index (κ3) is 3.50. The van der Waals surface area contributed by atoms with Crippen LogP contribution in [-0.2, 0) is 6.42 Å². The van der Waals surface area contributed by atoms with Gasteiger partial charge >= 0.3 is 0 Å². The lowest BCUT2D eigenvalue weighted by Crippen LogP contribution is -2.19. The molecular weight excluding hydrogens is 282 g/mol. The van der Waals surface area contributed by atoms with Crippen LogP contribution in [0.25, 0.3) is 0 Å². The van der Waals surface area contributed by atoms with Gasteiger partial charge in [-0.2, -0.15) is 0 Å². The monoisotopic (exact) mass is 303 g/mol. The van der Waals surface area contributed by atoms with Crippen molar-refractivity contribution in [1.29, 1.82) is 0 Å². The summed E-state index contributed by atoms with van der Waals surface area (Å²) in [6.45, 7) is 7.25. The zero-order chi connectivity index (χ0) is 14.7. The van der Waals surface area contributed by atoms with Gasteiger partial charge in [-0.1, -0.05) is 0 Å². The molecule has 3 rings (SSSR count). The van der Waals surface area contributed by atoms with E-state index in [1.165, 1.54) is 22.7 Å². The molecule has 21 heavy (non-hydrogen) atoms. The van der Waals surface area contributed by atoms with E-state index in [1.54, 1.807) is 17.7 Å². The molecule has 1 saturated heterocycles. The van der Waals surface area contributed by atoms with Crippen LogP contribution in [0.15, 0.2) is 12.4 Å². The van der Waals surface area contributed by atoms with Crippen LogP contribution in [0.5, 0.6) is 0 Å². The van der Waals surface area contributed by atoms with Gasteiger partial charge in [0, 0.05) is 37.0 Å². The van der Waals surface area contributed by atoms with Crippen molar-refractivity contribution in [3.63, 3.8) is 0 Å². The highest BCUT2D eigenvalue weighted by molar-refractivity contribution is 7.11. The number of aromatic nitrogens is 3. The molecule has 0 unspecified atom stereocenters. The topological polar surface area (TPSA) is 53.9 Å². The minimum Gasteiger partial charge on any atom is -0.369 e.